The topological polar surface area (TPSA) is 88.4 Å². The summed E-state index contributed by atoms with van der Waals surface area (Å²) in [5.74, 6) is -0.0252. The van der Waals surface area contributed by atoms with Gasteiger partial charge < -0.3 is 14.6 Å². The molecule has 1 fully saturated rings. The Balaban J connectivity index is 1.57. The molecule has 0 bridgehead atoms. The highest BCUT2D eigenvalue weighted by Gasteiger charge is 2.32. The molecule has 1 N–H and O–H groups in total. The summed E-state index contributed by atoms with van der Waals surface area (Å²) in [5.41, 5.74) is 3.75. The number of hydrogen-bond donors (Lipinski definition) is 1. The zero-order chi connectivity index (χ0) is 26.5. The molecule has 1 heterocycles. The van der Waals surface area contributed by atoms with Crippen LogP contribution in [-0.2, 0) is 11.4 Å². The van der Waals surface area contributed by atoms with Crippen LogP contribution in [0, 0.1) is 6.92 Å². The first kappa shape index (κ1) is 26.5. The number of amidine groups is 1. The molecule has 0 radical (unpaired) electrons. The van der Waals surface area contributed by atoms with Crippen LogP contribution in [0.3, 0.4) is 0 Å². The Morgan fingerprint density at radius 1 is 1.14 bits per heavy atom. The van der Waals surface area contributed by atoms with Gasteiger partial charge in [0.1, 0.15) is 6.61 Å². The average molecular weight is 581 g/mol. The van der Waals surface area contributed by atoms with Crippen LogP contribution in [0.1, 0.15) is 34.0 Å². The third-order valence-corrected chi connectivity index (χ3v) is 7.19. The van der Waals surface area contributed by atoms with Gasteiger partial charge >= 0.3 is 5.97 Å². The lowest BCUT2D eigenvalue weighted by Crippen LogP contribution is -2.28. The van der Waals surface area contributed by atoms with Gasteiger partial charge in [-0.1, -0.05) is 29.8 Å². The molecule has 0 saturated carbocycles. The molecule has 0 aliphatic carbocycles. The monoisotopic (exact) mass is 580 g/mol. The lowest BCUT2D eigenvalue weighted by Gasteiger charge is -2.14. The predicted octanol–water partition coefficient (Wildman–Crippen LogP) is 6.67. The standard InChI is InChI=1S/C28H25BrN2O5S/c1-4-31-26(32)24(37-28(31)30-21-11-9-20(10-12-21)27(33)34)15-19-13-22(29)25(23(14-19)35-3)36-16-18-7-5-17(2)6-8-18/h5-15H,4,16H2,1-3H3,(H,33,34)/b24-15+,30-28?. The van der Waals surface area contributed by atoms with Crippen LogP contribution in [-0.4, -0.2) is 40.7 Å². The van der Waals surface area contributed by atoms with E-state index < -0.39 is 5.97 Å². The van der Waals surface area contributed by atoms with E-state index in [1.165, 1.54) is 29.5 Å². The number of methoxy groups -OCH3 is 1. The maximum atomic E-state index is 13.1. The maximum Gasteiger partial charge on any atom is 0.335 e. The second kappa shape index (κ2) is 11.7. The summed E-state index contributed by atoms with van der Waals surface area (Å²) in [7, 11) is 1.58. The number of ether oxygens (including phenoxy) is 2. The van der Waals surface area contributed by atoms with Crippen LogP contribution in [0.4, 0.5) is 5.69 Å². The Kier molecular flexibility index (Phi) is 8.35. The van der Waals surface area contributed by atoms with E-state index in [4.69, 9.17) is 14.6 Å². The highest BCUT2D eigenvalue weighted by molar-refractivity contribution is 9.10. The zero-order valence-corrected chi connectivity index (χ0v) is 22.9. The summed E-state index contributed by atoms with van der Waals surface area (Å²) >= 11 is 4.85. The molecule has 7 nitrogen and oxygen atoms in total. The Hall–Kier alpha value is -3.56. The summed E-state index contributed by atoms with van der Waals surface area (Å²) in [6.45, 7) is 4.76. The first-order valence-corrected chi connectivity index (χ1v) is 13.1. The molecule has 1 aliphatic heterocycles. The zero-order valence-electron chi connectivity index (χ0n) is 20.5. The maximum absolute atomic E-state index is 13.1. The highest BCUT2D eigenvalue weighted by atomic mass is 79.9. The van der Waals surface area contributed by atoms with Gasteiger partial charge in [0.05, 0.1) is 27.7 Å². The number of nitrogens with zero attached hydrogens (tertiary/aromatic N) is 2. The van der Waals surface area contributed by atoms with Crippen molar-refractivity contribution in [2.24, 2.45) is 4.99 Å². The highest BCUT2D eigenvalue weighted by Crippen LogP contribution is 2.40. The van der Waals surface area contributed by atoms with Gasteiger partial charge in [0, 0.05) is 6.54 Å². The number of rotatable bonds is 8. The number of carboxylic acids is 1. The van der Waals surface area contributed by atoms with E-state index in [1.54, 1.807) is 30.2 Å². The molecule has 37 heavy (non-hydrogen) atoms. The molecule has 190 valence electrons. The van der Waals surface area contributed by atoms with Gasteiger partial charge in [0.2, 0.25) is 0 Å². The summed E-state index contributed by atoms with van der Waals surface area (Å²) in [6.07, 6.45) is 1.79. The molecule has 9 heteroatoms. The van der Waals surface area contributed by atoms with Crippen molar-refractivity contribution in [2.45, 2.75) is 20.5 Å². The minimum Gasteiger partial charge on any atom is -0.493 e. The first-order valence-electron chi connectivity index (χ1n) is 11.5. The lowest BCUT2D eigenvalue weighted by molar-refractivity contribution is -0.122. The number of carboxylic acid groups (broad SMARTS) is 1. The van der Waals surface area contributed by atoms with Crippen LogP contribution in [0.25, 0.3) is 6.08 Å². The number of carbonyl (C=O) groups is 2. The van der Waals surface area contributed by atoms with Crippen molar-refractivity contribution in [3.8, 4) is 11.5 Å². The molecule has 1 aliphatic rings. The number of aryl methyl sites for hydroxylation is 1. The van der Waals surface area contributed by atoms with E-state index in [-0.39, 0.29) is 11.5 Å². The van der Waals surface area contributed by atoms with Gasteiger partial charge in [-0.3, -0.25) is 9.69 Å². The fraction of sp³-hybridized carbons (Fsp3) is 0.179. The molecule has 0 atom stereocenters. The number of hydrogen-bond acceptors (Lipinski definition) is 6. The van der Waals surface area contributed by atoms with Crippen molar-refractivity contribution in [3.63, 3.8) is 0 Å². The van der Waals surface area contributed by atoms with E-state index in [1.807, 2.05) is 50.2 Å². The van der Waals surface area contributed by atoms with Gasteiger partial charge in [-0.25, -0.2) is 9.79 Å². The number of aromatic carboxylic acids is 1. The SMILES string of the molecule is CCN1C(=O)/C(=C\c2cc(Br)c(OCc3ccc(C)cc3)c(OC)c2)SC1=Nc1ccc(C(=O)O)cc1. The fourth-order valence-electron chi connectivity index (χ4n) is 3.61. The number of amides is 1. The van der Waals surface area contributed by atoms with Gasteiger partial charge in [-0.05, 0) is 95.1 Å². The molecule has 0 unspecified atom stereocenters. The molecule has 3 aromatic rings. The quantitative estimate of drug-likeness (QED) is 0.299. The summed E-state index contributed by atoms with van der Waals surface area (Å²) in [6, 6.07) is 18.0. The second-order valence-electron chi connectivity index (χ2n) is 8.21. The minimum absolute atomic E-state index is 0.150. The number of carbonyl (C=O) groups excluding carboxylic acids is 1. The fourth-order valence-corrected chi connectivity index (χ4v) is 5.25. The average Bonchev–Trinajstić information content (AvgIpc) is 3.17. The van der Waals surface area contributed by atoms with Crippen LogP contribution in [0.2, 0.25) is 0 Å². The molecule has 0 spiro atoms. The van der Waals surface area contributed by atoms with Crippen molar-refractivity contribution >= 4 is 56.5 Å². The summed E-state index contributed by atoms with van der Waals surface area (Å²) in [5, 5.41) is 9.63. The summed E-state index contributed by atoms with van der Waals surface area (Å²) < 4.78 is 12.3. The van der Waals surface area contributed by atoms with E-state index in [2.05, 4.69) is 20.9 Å². The van der Waals surface area contributed by atoms with Crippen LogP contribution in [0.5, 0.6) is 11.5 Å². The first-order chi connectivity index (χ1) is 17.8. The Morgan fingerprint density at radius 2 is 1.84 bits per heavy atom. The molecular weight excluding hydrogens is 556 g/mol. The van der Waals surface area contributed by atoms with E-state index >= 15 is 0 Å². The minimum atomic E-state index is -1.00. The molecule has 1 amide bonds. The van der Waals surface area contributed by atoms with Crippen LogP contribution < -0.4 is 9.47 Å². The van der Waals surface area contributed by atoms with Gasteiger partial charge in [0.25, 0.3) is 5.91 Å². The molecule has 0 aromatic heterocycles. The molecule has 3 aromatic carbocycles. The van der Waals surface area contributed by atoms with Gasteiger partial charge in [-0.2, -0.15) is 0 Å². The number of benzene rings is 3. The Morgan fingerprint density at radius 3 is 2.46 bits per heavy atom. The van der Waals surface area contributed by atoms with Crippen molar-refractivity contribution in [2.75, 3.05) is 13.7 Å². The van der Waals surface area contributed by atoms with Crippen molar-refractivity contribution in [1.82, 2.24) is 4.90 Å². The van der Waals surface area contributed by atoms with Crippen LogP contribution >= 0.6 is 27.7 Å². The van der Waals surface area contributed by atoms with Crippen LogP contribution in [0.15, 0.2) is 75.0 Å². The molecule has 4 rings (SSSR count). The Labute approximate surface area is 227 Å². The third-order valence-electron chi connectivity index (χ3n) is 5.60. The predicted molar refractivity (Wildman–Crippen MR) is 150 cm³/mol. The van der Waals surface area contributed by atoms with Crippen molar-refractivity contribution in [3.05, 3.63) is 92.3 Å². The van der Waals surface area contributed by atoms with E-state index in [0.29, 0.717) is 44.9 Å². The molecule has 1 saturated heterocycles. The number of thioether (sulfide) groups is 1. The largest absolute Gasteiger partial charge is 0.493 e. The third kappa shape index (κ3) is 6.23. The summed E-state index contributed by atoms with van der Waals surface area (Å²) in [4.78, 5) is 30.9. The van der Waals surface area contributed by atoms with Gasteiger partial charge in [0.15, 0.2) is 16.7 Å². The molecular formula is C28H25BrN2O5S. The van der Waals surface area contributed by atoms with E-state index in [0.717, 1.165) is 11.1 Å². The van der Waals surface area contributed by atoms with Crippen molar-refractivity contribution < 1.29 is 24.2 Å². The number of halogens is 1. The van der Waals surface area contributed by atoms with Gasteiger partial charge in [-0.15, -0.1) is 0 Å². The smallest absolute Gasteiger partial charge is 0.335 e. The lowest BCUT2D eigenvalue weighted by atomic mass is 10.1. The Bertz CT molecular complexity index is 1380. The van der Waals surface area contributed by atoms with Crippen molar-refractivity contribution in [1.29, 1.82) is 0 Å². The van der Waals surface area contributed by atoms with E-state index in [9.17, 15) is 9.59 Å². The normalized spacial score (nSPS) is 15.5. The number of likely N-dealkylation sites (N-methyl/N-ethyl adjacent to an activating group) is 1. The second-order valence-corrected chi connectivity index (χ2v) is 10.1. The number of aliphatic imine (C=N–C) groups is 1.